The van der Waals surface area contributed by atoms with Crippen LogP contribution in [0.2, 0.25) is 5.02 Å². The van der Waals surface area contributed by atoms with E-state index in [-0.39, 0.29) is 12.5 Å². The molecule has 134 valence electrons. The second-order valence-corrected chi connectivity index (χ2v) is 7.45. The number of nitrogens with zero attached hydrogens (tertiary/aromatic N) is 2. The van der Waals surface area contributed by atoms with Gasteiger partial charge in [-0.3, -0.25) is 14.5 Å². The van der Waals surface area contributed by atoms with Crippen LogP contribution in [-0.4, -0.2) is 47.3 Å². The predicted octanol–water partition coefficient (Wildman–Crippen LogP) is 2.37. The lowest BCUT2D eigenvalue weighted by Gasteiger charge is -2.31. The molecule has 4 amide bonds. The zero-order chi connectivity index (χ0) is 18.2. The first kappa shape index (κ1) is 17.7. The van der Waals surface area contributed by atoms with E-state index in [0.29, 0.717) is 29.6 Å². The van der Waals surface area contributed by atoms with Crippen LogP contribution in [0, 0.1) is 5.92 Å². The molecule has 2 heterocycles. The SMILES string of the molecule is CC1CCN(C(=O)CN2C(=O)NC(C)(c3ccc(Cl)cc3)C2=O)CC1. The molecule has 1 aromatic carbocycles. The van der Waals surface area contributed by atoms with E-state index in [4.69, 9.17) is 11.6 Å². The quantitative estimate of drug-likeness (QED) is 0.838. The molecule has 0 aliphatic carbocycles. The van der Waals surface area contributed by atoms with E-state index < -0.39 is 17.5 Å². The maximum atomic E-state index is 12.8. The predicted molar refractivity (Wildman–Crippen MR) is 94.0 cm³/mol. The Labute approximate surface area is 152 Å². The Morgan fingerprint density at radius 3 is 2.44 bits per heavy atom. The van der Waals surface area contributed by atoms with Gasteiger partial charge in [-0.1, -0.05) is 30.7 Å². The lowest BCUT2D eigenvalue weighted by atomic mass is 9.92. The van der Waals surface area contributed by atoms with Crippen LogP contribution in [0.15, 0.2) is 24.3 Å². The second-order valence-electron chi connectivity index (χ2n) is 7.02. The van der Waals surface area contributed by atoms with Gasteiger partial charge in [0, 0.05) is 18.1 Å². The molecule has 1 unspecified atom stereocenters. The van der Waals surface area contributed by atoms with Crippen LogP contribution < -0.4 is 5.32 Å². The highest BCUT2D eigenvalue weighted by Gasteiger charge is 2.49. The minimum absolute atomic E-state index is 0.184. The number of urea groups is 1. The van der Waals surface area contributed by atoms with E-state index in [1.54, 1.807) is 36.1 Å². The molecule has 25 heavy (non-hydrogen) atoms. The number of hydrogen-bond acceptors (Lipinski definition) is 3. The van der Waals surface area contributed by atoms with Gasteiger partial charge in [0.15, 0.2) is 0 Å². The minimum Gasteiger partial charge on any atom is -0.341 e. The second kappa shape index (κ2) is 6.67. The Hall–Kier alpha value is -2.08. The highest BCUT2D eigenvalue weighted by molar-refractivity contribution is 6.30. The number of piperidine rings is 1. The van der Waals surface area contributed by atoms with Crippen LogP contribution in [0.25, 0.3) is 0 Å². The number of halogens is 1. The van der Waals surface area contributed by atoms with E-state index >= 15 is 0 Å². The number of likely N-dealkylation sites (tertiary alicyclic amines) is 1. The summed E-state index contributed by atoms with van der Waals surface area (Å²) in [4.78, 5) is 40.4. The lowest BCUT2D eigenvalue weighted by molar-refractivity contribution is -0.139. The van der Waals surface area contributed by atoms with Crippen molar-refractivity contribution in [2.24, 2.45) is 5.92 Å². The number of carbonyl (C=O) groups excluding carboxylic acids is 3. The van der Waals surface area contributed by atoms with E-state index in [9.17, 15) is 14.4 Å². The van der Waals surface area contributed by atoms with E-state index in [1.165, 1.54) is 0 Å². The number of hydrogen-bond donors (Lipinski definition) is 1. The monoisotopic (exact) mass is 363 g/mol. The topological polar surface area (TPSA) is 69.7 Å². The summed E-state index contributed by atoms with van der Waals surface area (Å²) in [6, 6.07) is 6.21. The summed E-state index contributed by atoms with van der Waals surface area (Å²) in [7, 11) is 0. The molecule has 7 heteroatoms. The van der Waals surface area contributed by atoms with Gasteiger partial charge in [-0.15, -0.1) is 0 Å². The van der Waals surface area contributed by atoms with Crippen LogP contribution in [0.4, 0.5) is 4.79 Å². The smallest absolute Gasteiger partial charge is 0.325 e. The fourth-order valence-corrected chi connectivity index (χ4v) is 3.44. The maximum absolute atomic E-state index is 12.8. The number of amides is 4. The van der Waals surface area contributed by atoms with Gasteiger partial charge in [-0.05, 0) is 43.4 Å². The first-order valence-corrected chi connectivity index (χ1v) is 8.87. The molecule has 1 atom stereocenters. The van der Waals surface area contributed by atoms with Crippen molar-refractivity contribution in [3.05, 3.63) is 34.9 Å². The normalized spacial score (nSPS) is 24.6. The fraction of sp³-hybridized carbons (Fsp3) is 0.500. The van der Waals surface area contributed by atoms with Crippen LogP contribution in [0.5, 0.6) is 0 Å². The van der Waals surface area contributed by atoms with Crippen LogP contribution >= 0.6 is 11.6 Å². The molecule has 1 aromatic rings. The number of nitrogens with one attached hydrogen (secondary N) is 1. The maximum Gasteiger partial charge on any atom is 0.325 e. The minimum atomic E-state index is -1.18. The van der Waals surface area contributed by atoms with Crippen molar-refractivity contribution in [2.45, 2.75) is 32.2 Å². The molecule has 0 bridgehead atoms. The van der Waals surface area contributed by atoms with Crippen LogP contribution in [0.3, 0.4) is 0 Å². The van der Waals surface area contributed by atoms with Gasteiger partial charge >= 0.3 is 6.03 Å². The summed E-state index contributed by atoms with van der Waals surface area (Å²) >= 11 is 5.89. The Morgan fingerprint density at radius 1 is 1.24 bits per heavy atom. The molecule has 6 nitrogen and oxygen atoms in total. The van der Waals surface area contributed by atoms with E-state index in [2.05, 4.69) is 12.2 Å². The van der Waals surface area contributed by atoms with Crippen molar-refractivity contribution in [2.75, 3.05) is 19.6 Å². The highest BCUT2D eigenvalue weighted by atomic mass is 35.5. The molecule has 3 rings (SSSR count). The number of imide groups is 1. The number of benzene rings is 1. The van der Waals surface area contributed by atoms with Crippen molar-refractivity contribution in [1.29, 1.82) is 0 Å². The molecule has 2 aliphatic rings. The van der Waals surface area contributed by atoms with Crippen molar-refractivity contribution < 1.29 is 14.4 Å². The standard InChI is InChI=1S/C18H22ClN3O3/c1-12-7-9-21(10-8-12)15(23)11-22-16(24)18(2,20-17(22)25)13-3-5-14(19)6-4-13/h3-6,12H,7-11H2,1-2H3,(H,20,25). The third-order valence-electron chi connectivity index (χ3n) is 5.13. The summed E-state index contributed by atoms with van der Waals surface area (Å²) < 4.78 is 0. The fourth-order valence-electron chi connectivity index (χ4n) is 3.31. The number of carbonyl (C=O) groups is 3. The van der Waals surface area contributed by atoms with Gasteiger partial charge in [0.1, 0.15) is 12.1 Å². The van der Waals surface area contributed by atoms with Gasteiger partial charge < -0.3 is 10.2 Å². The Morgan fingerprint density at radius 2 is 1.84 bits per heavy atom. The molecule has 0 saturated carbocycles. The van der Waals surface area contributed by atoms with Crippen molar-refractivity contribution in [3.63, 3.8) is 0 Å². The summed E-state index contributed by atoms with van der Waals surface area (Å²) in [6.07, 6.45) is 1.91. The van der Waals surface area contributed by atoms with E-state index in [0.717, 1.165) is 17.7 Å². The highest BCUT2D eigenvalue weighted by Crippen LogP contribution is 2.29. The average Bonchev–Trinajstić information content (AvgIpc) is 2.80. The molecular weight excluding hydrogens is 342 g/mol. The van der Waals surface area contributed by atoms with Gasteiger partial charge in [-0.2, -0.15) is 0 Å². The van der Waals surface area contributed by atoms with Gasteiger partial charge in [-0.25, -0.2) is 4.79 Å². The van der Waals surface area contributed by atoms with Crippen molar-refractivity contribution in [3.8, 4) is 0 Å². The lowest BCUT2D eigenvalue weighted by Crippen LogP contribution is -2.46. The Balaban J connectivity index is 1.73. The third-order valence-corrected chi connectivity index (χ3v) is 5.38. The number of rotatable bonds is 3. The first-order chi connectivity index (χ1) is 11.8. The molecule has 2 fully saturated rings. The van der Waals surface area contributed by atoms with Gasteiger partial charge in [0.05, 0.1) is 0 Å². The Kier molecular flexibility index (Phi) is 4.73. The average molecular weight is 364 g/mol. The van der Waals surface area contributed by atoms with E-state index in [1.807, 2.05) is 0 Å². The molecule has 1 N–H and O–H groups in total. The molecule has 2 aliphatic heterocycles. The van der Waals surface area contributed by atoms with Crippen molar-refractivity contribution >= 4 is 29.4 Å². The zero-order valence-corrected chi connectivity index (χ0v) is 15.2. The van der Waals surface area contributed by atoms with Crippen LogP contribution in [-0.2, 0) is 15.1 Å². The molecule has 0 spiro atoms. The summed E-state index contributed by atoms with van der Waals surface area (Å²) in [5, 5.41) is 3.26. The summed E-state index contributed by atoms with van der Waals surface area (Å²) in [6.45, 7) is 4.94. The largest absolute Gasteiger partial charge is 0.341 e. The molecular formula is C18H22ClN3O3. The first-order valence-electron chi connectivity index (χ1n) is 8.49. The summed E-state index contributed by atoms with van der Waals surface area (Å²) in [5.74, 6) is 0.00303. The van der Waals surface area contributed by atoms with Gasteiger partial charge in [0.2, 0.25) is 5.91 Å². The molecule has 2 saturated heterocycles. The van der Waals surface area contributed by atoms with Crippen molar-refractivity contribution in [1.82, 2.24) is 15.1 Å². The van der Waals surface area contributed by atoms with Crippen LogP contribution in [0.1, 0.15) is 32.3 Å². The molecule has 0 aromatic heterocycles. The molecule has 0 radical (unpaired) electrons. The Bertz CT molecular complexity index is 698. The third kappa shape index (κ3) is 3.35. The summed E-state index contributed by atoms with van der Waals surface area (Å²) in [5.41, 5.74) is -0.546. The zero-order valence-electron chi connectivity index (χ0n) is 14.4. The van der Waals surface area contributed by atoms with Gasteiger partial charge in [0.25, 0.3) is 5.91 Å².